The molecule has 1 amide bonds. The van der Waals surface area contributed by atoms with E-state index in [1.54, 1.807) is 6.07 Å². The molecule has 3 N–H and O–H groups in total. The average Bonchev–Trinajstić information content (AvgIpc) is 3.65. The second-order valence-corrected chi connectivity index (χ2v) is 14.1. The summed E-state index contributed by atoms with van der Waals surface area (Å²) in [5.41, 5.74) is 2.98. The third-order valence-electron chi connectivity index (χ3n) is 9.45. The minimum atomic E-state index is -4.74. The molecule has 45 heavy (non-hydrogen) atoms. The lowest BCUT2D eigenvalue weighted by atomic mass is 9.68. The summed E-state index contributed by atoms with van der Waals surface area (Å²) in [6, 6.07) is 24.7. The zero-order chi connectivity index (χ0) is 31.5. The smallest absolute Gasteiger partial charge is 0.378 e. The van der Waals surface area contributed by atoms with Crippen LogP contribution in [-0.4, -0.2) is 14.3 Å². The number of fused-ring (bicyclic) bond motifs is 7. The largest absolute Gasteiger partial charge is 0.417 e. The summed E-state index contributed by atoms with van der Waals surface area (Å²) in [6.45, 7) is 0. The van der Waals surface area contributed by atoms with E-state index in [0.29, 0.717) is 41.0 Å². The van der Waals surface area contributed by atoms with Crippen molar-refractivity contribution >= 4 is 44.6 Å². The molecule has 4 aromatic rings. The van der Waals surface area contributed by atoms with Crippen molar-refractivity contribution in [2.45, 2.75) is 42.3 Å². The van der Waals surface area contributed by atoms with Crippen LogP contribution in [0.5, 0.6) is 0 Å². The second kappa shape index (κ2) is 11.1. The van der Waals surface area contributed by atoms with Crippen LogP contribution in [0.4, 0.5) is 30.2 Å². The molecule has 0 aromatic heterocycles. The van der Waals surface area contributed by atoms with Crippen LogP contribution < -0.4 is 15.4 Å². The van der Waals surface area contributed by atoms with Gasteiger partial charge in [-0.2, -0.15) is 13.2 Å². The molecule has 6 nitrogen and oxygen atoms in total. The van der Waals surface area contributed by atoms with Gasteiger partial charge in [-0.3, -0.25) is 9.52 Å². The van der Waals surface area contributed by atoms with E-state index in [0.717, 1.165) is 17.8 Å². The Morgan fingerprint density at radius 1 is 0.867 bits per heavy atom. The highest BCUT2D eigenvalue weighted by atomic mass is 35.5. The summed E-state index contributed by atoms with van der Waals surface area (Å²) in [6.07, 6.45) is -1.09. The molecule has 0 spiro atoms. The first-order chi connectivity index (χ1) is 21.5. The van der Waals surface area contributed by atoms with Crippen LogP contribution in [0.2, 0.25) is 5.02 Å². The number of hydrogen-bond acceptors (Lipinski definition) is 4. The lowest BCUT2D eigenvalue weighted by Crippen LogP contribution is -2.35. The van der Waals surface area contributed by atoms with Gasteiger partial charge < -0.3 is 10.6 Å². The summed E-state index contributed by atoms with van der Waals surface area (Å²) >= 11 is 5.64. The third-order valence-corrected chi connectivity index (χ3v) is 11.2. The molecule has 0 unspecified atom stereocenters. The van der Waals surface area contributed by atoms with Gasteiger partial charge in [0, 0.05) is 22.6 Å². The minimum Gasteiger partial charge on any atom is -0.378 e. The molecule has 5 atom stereocenters. The Morgan fingerprint density at radius 3 is 2.31 bits per heavy atom. The topological polar surface area (TPSA) is 87.3 Å². The average molecular weight is 652 g/mol. The highest BCUT2D eigenvalue weighted by molar-refractivity contribution is 7.92. The second-order valence-electron chi connectivity index (χ2n) is 12.0. The number of carbonyl (C=O) groups excluding carboxylic acids is 1. The zero-order valence-corrected chi connectivity index (χ0v) is 25.4. The quantitative estimate of drug-likeness (QED) is 0.195. The Hall–Kier alpha value is -4.02. The van der Waals surface area contributed by atoms with E-state index in [1.165, 1.54) is 54.7 Å². The molecule has 2 fully saturated rings. The third kappa shape index (κ3) is 5.55. The molecule has 1 aliphatic heterocycles. The van der Waals surface area contributed by atoms with E-state index in [1.807, 2.05) is 18.2 Å². The summed E-state index contributed by atoms with van der Waals surface area (Å²) in [4.78, 5) is 13.2. The maximum absolute atomic E-state index is 13.3. The highest BCUT2D eigenvalue weighted by Gasteiger charge is 2.53. The van der Waals surface area contributed by atoms with Crippen molar-refractivity contribution < 1.29 is 26.4 Å². The first-order valence-corrected chi connectivity index (χ1v) is 16.6. The summed E-state index contributed by atoms with van der Waals surface area (Å²) < 4.78 is 67.5. The molecule has 0 radical (unpaired) electrons. The highest BCUT2D eigenvalue weighted by Crippen LogP contribution is 2.63. The molecule has 232 valence electrons. The van der Waals surface area contributed by atoms with Gasteiger partial charge in [0.1, 0.15) is 0 Å². The number of anilines is 3. The Kier molecular flexibility index (Phi) is 7.32. The van der Waals surface area contributed by atoms with E-state index in [9.17, 15) is 26.4 Å². The standard InChI is InChI=1S/C34H29ClF3N3O3S/c35-28-14-11-24(18-27(28)34(36,37)38)41-45(43,44)25-12-9-23(10-13-25)39-33(42)22-8-15-29-26(17-22)30-20-6-7-21(16-20)31(30)32(40-29)19-4-2-1-3-5-19/h1-5,8-15,17-18,20-21,30-32,40-41H,6-7,16H2,(H,39,42)/t20-,21-,30-,31+,32-/m0/s1. The van der Waals surface area contributed by atoms with Gasteiger partial charge in [-0.25, -0.2) is 8.42 Å². The summed E-state index contributed by atoms with van der Waals surface area (Å²) in [5.74, 6) is 1.77. The van der Waals surface area contributed by atoms with Crippen molar-refractivity contribution in [2.24, 2.45) is 17.8 Å². The SMILES string of the molecule is O=C(Nc1ccc(S(=O)(=O)Nc2ccc(Cl)c(C(F)(F)F)c2)cc1)c1ccc2c(c1)[C@@H]1[C@H]3CC[C@@H](C3)[C@H]1[C@H](c1ccccc1)N2. The fraction of sp³-hybridized carbons (Fsp3) is 0.265. The maximum atomic E-state index is 13.3. The van der Waals surface area contributed by atoms with Crippen molar-refractivity contribution in [2.75, 3.05) is 15.4 Å². The van der Waals surface area contributed by atoms with E-state index in [-0.39, 0.29) is 22.5 Å². The van der Waals surface area contributed by atoms with E-state index < -0.39 is 26.8 Å². The Morgan fingerprint density at radius 2 is 1.58 bits per heavy atom. The van der Waals surface area contributed by atoms with E-state index in [4.69, 9.17) is 11.6 Å². The van der Waals surface area contributed by atoms with Crippen molar-refractivity contribution in [1.29, 1.82) is 0 Å². The predicted molar refractivity (Wildman–Crippen MR) is 168 cm³/mol. The number of amides is 1. The monoisotopic (exact) mass is 651 g/mol. The van der Waals surface area contributed by atoms with Gasteiger partial charge in [0.15, 0.2) is 0 Å². The number of benzene rings is 4. The lowest BCUT2D eigenvalue weighted by Gasteiger charge is -2.43. The molecule has 3 aliphatic rings. The first kappa shape index (κ1) is 29.7. The summed E-state index contributed by atoms with van der Waals surface area (Å²) in [5, 5.41) is 6.08. The number of alkyl halides is 3. The maximum Gasteiger partial charge on any atom is 0.417 e. The Labute approximate surface area is 264 Å². The molecular formula is C34H29ClF3N3O3S. The predicted octanol–water partition coefficient (Wildman–Crippen LogP) is 8.71. The molecular weight excluding hydrogens is 623 g/mol. The molecule has 1 heterocycles. The Bertz CT molecular complexity index is 1880. The molecule has 2 saturated carbocycles. The number of carbonyl (C=O) groups is 1. The fourth-order valence-electron chi connectivity index (χ4n) is 7.56. The molecule has 7 rings (SSSR count). The summed E-state index contributed by atoms with van der Waals surface area (Å²) in [7, 11) is -4.21. The number of halogens is 4. The van der Waals surface area contributed by atoms with Gasteiger partial charge in [0.05, 0.1) is 21.5 Å². The fourth-order valence-corrected chi connectivity index (χ4v) is 8.83. The number of rotatable bonds is 6. The number of hydrogen-bond donors (Lipinski definition) is 3. The van der Waals surface area contributed by atoms with Crippen LogP contribution in [0.25, 0.3) is 0 Å². The van der Waals surface area contributed by atoms with Crippen LogP contribution in [0.15, 0.2) is 95.9 Å². The number of sulfonamides is 1. The van der Waals surface area contributed by atoms with Crippen LogP contribution in [0.1, 0.15) is 58.3 Å². The van der Waals surface area contributed by atoms with Gasteiger partial charge in [-0.05, 0) is 115 Å². The van der Waals surface area contributed by atoms with Crippen LogP contribution in [0.3, 0.4) is 0 Å². The zero-order valence-electron chi connectivity index (χ0n) is 23.8. The van der Waals surface area contributed by atoms with Crippen LogP contribution >= 0.6 is 11.6 Å². The van der Waals surface area contributed by atoms with Gasteiger partial charge in [-0.15, -0.1) is 0 Å². The molecule has 4 aromatic carbocycles. The van der Waals surface area contributed by atoms with Crippen molar-refractivity contribution in [3.63, 3.8) is 0 Å². The van der Waals surface area contributed by atoms with Gasteiger partial charge >= 0.3 is 6.18 Å². The molecule has 0 saturated heterocycles. The van der Waals surface area contributed by atoms with E-state index >= 15 is 0 Å². The van der Waals surface area contributed by atoms with Crippen molar-refractivity contribution in [3.05, 3.63) is 118 Å². The van der Waals surface area contributed by atoms with Crippen LogP contribution in [-0.2, 0) is 16.2 Å². The van der Waals surface area contributed by atoms with Gasteiger partial charge in [-0.1, -0.05) is 41.9 Å². The minimum absolute atomic E-state index is 0.181. The van der Waals surface area contributed by atoms with Gasteiger partial charge in [0.25, 0.3) is 15.9 Å². The lowest BCUT2D eigenvalue weighted by molar-refractivity contribution is -0.137. The molecule has 11 heteroatoms. The molecule has 2 bridgehead atoms. The van der Waals surface area contributed by atoms with Gasteiger partial charge in [0.2, 0.25) is 0 Å². The number of nitrogens with one attached hydrogen (secondary N) is 3. The first-order valence-electron chi connectivity index (χ1n) is 14.7. The van der Waals surface area contributed by atoms with Crippen molar-refractivity contribution in [1.82, 2.24) is 0 Å². The molecule has 2 aliphatic carbocycles. The van der Waals surface area contributed by atoms with Crippen molar-refractivity contribution in [3.8, 4) is 0 Å². The van der Waals surface area contributed by atoms with E-state index in [2.05, 4.69) is 39.6 Å². The van der Waals surface area contributed by atoms with Crippen LogP contribution in [0, 0.1) is 17.8 Å². The Balaban J connectivity index is 1.08. The normalized spacial score (nSPS) is 23.5.